The fraction of sp³-hybridized carbons (Fsp3) is 1.00. The fourth-order valence-electron chi connectivity index (χ4n) is 1.74. The molecule has 3 aliphatic rings. The Bertz CT molecular complexity index is 103. The van der Waals surface area contributed by atoms with Crippen molar-refractivity contribution < 1.29 is 4.74 Å². The first-order valence-corrected chi connectivity index (χ1v) is 6.91. The molecule has 0 saturated carbocycles. The van der Waals surface area contributed by atoms with Gasteiger partial charge in [-0.05, 0) is 25.9 Å². The Morgan fingerprint density at radius 1 is 0.471 bits per heavy atom. The number of hydrogen-bond donors (Lipinski definition) is 4. The number of hydrogen-bond acceptors (Lipinski definition) is 5. The second kappa shape index (κ2) is 12.3. The Kier molecular flexibility index (Phi) is 10.7. The van der Waals surface area contributed by atoms with Crippen molar-refractivity contribution in [2.24, 2.45) is 0 Å². The van der Waals surface area contributed by atoms with Crippen molar-refractivity contribution in [1.82, 2.24) is 21.3 Å². The summed E-state index contributed by atoms with van der Waals surface area (Å²) in [7, 11) is 0. The van der Waals surface area contributed by atoms with E-state index in [0.29, 0.717) is 0 Å². The highest BCUT2D eigenvalue weighted by molar-refractivity contribution is 4.59. The summed E-state index contributed by atoms with van der Waals surface area (Å²) in [5, 5.41) is 12.8. The molecule has 0 amide bonds. The third-order valence-electron chi connectivity index (χ3n) is 2.76. The van der Waals surface area contributed by atoms with Crippen LogP contribution in [-0.2, 0) is 4.74 Å². The van der Waals surface area contributed by atoms with Crippen LogP contribution < -0.4 is 21.3 Å². The Morgan fingerprint density at radius 2 is 0.882 bits per heavy atom. The van der Waals surface area contributed by atoms with Gasteiger partial charge in [-0.15, -0.1) is 0 Å². The van der Waals surface area contributed by atoms with Crippen LogP contribution in [0.1, 0.15) is 12.8 Å². The van der Waals surface area contributed by atoms with Gasteiger partial charge in [-0.2, -0.15) is 0 Å². The fourth-order valence-corrected chi connectivity index (χ4v) is 1.74. The first-order valence-electron chi connectivity index (χ1n) is 6.91. The number of rotatable bonds is 0. The smallest absolute Gasteiger partial charge is 0.0591 e. The van der Waals surface area contributed by atoms with E-state index in [2.05, 4.69) is 21.3 Å². The van der Waals surface area contributed by atoms with E-state index in [1.165, 1.54) is 25.9 Å². The predicted molar refractivity (Wildman–Crippen MR) is 71.5 cm³/mol. The molecule has 4 N–H and O–H groups in total. The molecule has 0 spiro atoms. The zero-order chi connectivity index (χ0) is 12.0. The summed E-state index contributed by atoms with van der Waals surface area (Å²) in [4.78, 5) is 0. The Labute approximate surface area is 105 Å². The molecule has 0 unspecified atom stereocenters. The molecule has 0 aliphatic carbocycles. The number of nitrogens with one attached hydrogen (secondary N) is 4. The van der Waals surface area contributed by atoms with Gasteiger partial charge in [0.2, 0.25) is 0 Å². The van der Waals surface area contributed by atoms with Crippen LogP contribution in [0.4, 0.5) is 0 Å². The Hall–Kier alpha value is -0.200. The lowest BCUT2D eigenvalue weighted by atomic mass is 10.4. The number of ether oxygens (including phenoxy) is 1. The maximum Gasteiger partial charge on any atom is 0.0591 e. The summed E-state index contributed by atoms with van der Waals surface area (Å²) in [5.41, 5.74) is 0. The van der Waals surface area contributed by atoms with E-state index in [1.807, 2.05) is 0 Å². The molecule has 0 radical (unpaired) electrons. The summed E-state index contributed by atoms with van der Waals surface area (Å²) in [6.45, 7) is 10.9. The SMILES string of the molecule is C1CCNC1.C1CNCCN1.C1COCCN1. The second-order valence-electron chi connectivity index (χ2n) is 4.32. The molecule has 3 fully saturated rings. The van der Waals surface area contributed by atoms with Crippen LogP contribution in [0.15, 0.2) is 0 Å². The molecule has 5 heteroatoms. The average molecular weight is 244 g/mol. The molecule has 0 bridgehead atoms. The van der Waals surface area contributed by atoms with Gasteiger partial charge in [0, 0.05) is 39.3 Å². The van der Waals surface area contributed by atoms with Gasteiger partial charge in [0.25, 0.3) is 0 Å². The van der Waals surface area contributed by atoms with E-state index >= 15 is 0 Å². The van der Waals surface area contributed by atoms with Crippen LogP contribution in [0, 0.1) is 0 Å². The van der Waals surface area contributed by atoms with Crippen LogP contribution in [-0.4, -0.2) is 65.6 Å². The number of piperazine rings is 1. The summed E-state index contributed by atoms with van der Waals surface area (Å²) in [6.07, 6.45) is 2.78. The second-order valence-corrected chi connectivity index (χ2v) is 4.32. The lowest BCUT2D eigenvalue weighted by Crippen LogP contribution is -2.39. The Balaban J connectivity index is 0.000000128. The van der Waals surface area contributed by atoms with Gasteiger partial charge in [-0.3, -0.25) is 0 Å². The van der Waals surface area contributed by atoms with E-state index < -0.39 is 0 Å². The van der Waals surface area contributed by atoms with E-state index in [-0.39, 0.29) is 0 Å². The topological polar surface area (TPSA) is 57.3 Å². The molecule has 3 saturated heterocycles. The highest BCUT2D eigenvalue weighted by atomic mass is 16.5. The summed E-state index contributed by atoms with van der Waals surface area (Å²) >= 11 is 0. The lowest BCUT2D eigenvalue weighted by molar-refractivity contribution is 0.109. The summed E-state index contributed by atoms with van der Waals surface area (Å²) in [6, 6.07) is 0. The monoisotopic (exact) mass is 244 g/mol. The quantitative estimate of drug-likeness (QED) is 0.447. The van der Waals surface area contributed by atoms with E-state index in [0.717, 1.165) is 52.5 Å². The van der Waals surface area contributed by atoms with Crippen LogP contribution >= 0.6 is 0 Å². The van der Waals surface area contributed by atoms with Crippen LogP contribution in [0.5, 0.6) is 0 Å². The van der Waals surface area contributed by atoms with Crippen LogP contribution in [0.25, 0.3) is 0 Å². The molecule has 0 atom stereocenters. The summed E-state index contributed by atoms with van der Waals surface area (Å²) in [5.74, 6) is 0. The highest BCUT2D eigenvalue weighted by Gasteiger charge is 1.93. The molecule has 17 heavy (non-hydrogen) atoms. The van der Waals surface area contributed by atoms with Crippen molar-refractivity contribution >= 4 is 0 Å². The van der Waals surface area contributed by atoms with Crippen molar-refractivity contribution in [3.8, 4) is 0 Å². The first kappa shape index (κ1) is 14.9. The van der Waals surface area contributed by atoms with Gasteiger partial charge in [-0.1, -0.05) is 0 Å². The molecular formula is C12H28N4O. The lowest BCUT2D eigenvalue weighted by Gasteiger charge is -2.11. The minimum atomic E-state index is 0.889. The largest absolute Gasteiger partial charge is 0.379 e. The van der Waals surface area contributed by atoms with Gasteiger partial charge in [0.1, 0.15) is 0 Å². The highest BCUT2D eigenvalue weighted by Crippen LogP contribution is 1.90. The molecule has 3 rings (SSSR count). The minimum absolute atomic E-state index is 0.889. The van der Waals surface area contributed by atoms with Crippen LogP contribution in [0.2, 0.25) is 0 Å². The molecule has 0 aromatic carbocycles. The molecule has 3 aliphatic heterocycles. The molecule has 0 aromatic rings. The number of morpholine rings is 1. The van der Waals surface area contributed by atoms with Gasteiger partial charge in [0.05, 0.1) is 13.2 Å². The van der Waals surface area contributed by atoms with Crippen molar-refractivity contribution in [2.75, 3.05) is 65.6 Å². The van der Waals surface area contributed by atoms with E-state index in [4.69, 9.17) is 4.74 Å². The minimum Gasteiger partial charge on any atom is -0.379 e. The molecule has 0 aromatic heterocycles. The first-order chi connectivity index (χ1) is 8.50. The third-order valence-corrected chi connectivity index (χ3v) is 2.76. The van der Waals surface area contributed by atoms with Gasteiger partial charge in [0.15, 0.2) is 0 Å². The van der Waals surface area contributed by atoms with Crippen LogP contribution in [0.3, 0.4) is 0 Å². The van der Waals surface area contributed by atoms with Gasteiger partial charge >= 0.3 is 0 Å². The zero-order valence-corrected chi connectivity index (χ0v) is 10.9. The van der Waals surface area contributed by atoms with Gasteiger partial charge in [-0.25, -0.2) is 0 Å². The van der Waals surface area contributed by atoms with Crippen molar-refractivity contribution in [3.05, 3.63) is 0 Å². The van der Waals surface area contributed by atoms with Crippen molar-refractivity contribution in [3.63, 3.8) is 0 Å². The van der Waals surface area contributed by atoms with Gasteiger partial charge < -0.3 is 26.0 Å². The van der Waals surface area contributed by atoms with Crippen molar-refractivity contribution in [2.45, 2.75) is 12.8 Å². The standard InChI is InChI=1S/C4H10N2.C4H9NO.C4H9N/c1-2-6-4-3-5-1;1-3-6-4-2-5-1;1-2-4-5-3-1/h5-6H,1-4H2;5H,1-4H2;5H,1-4H2. The molecule has 3 heterocycles. The normalized spacial score (nSPS) is 24.0. The van der Waals surface area contributed by atoms with E-state index in [9.17, 15) is 0 Å². The Morgan fingerprint density at radius 3 is 1.06 bits per heavy atom. The molecule has 102 valence electrons. The molecule has 5 nitrogen and oxygen atoms in total. The predicted octanol–water partition coefficient (Wildman–Crippen LogP) is -0.845. The third kappa shape index (κ3) is 10.7. The average Bonchev–Trinajstić information content (AvgIpc) is 3.03. The molecular weight excluding hydrogens is 216 g/mol. The van der Waals surface area contributed by atoms with E-state index in [1.54, 1.807) is 0 Å². The van der Waals surface area contributed by atoms with Crippen molar-refractivity contribution in [1.29, 1.82) is 0 Å². The summed E-state index contributed by atoms with van der Waals surface area (Å²) < 4.78 is 5.01. The zero-order valence-electron chi connectivity index (χ0n) is 10.9. The maximum atomic E-state index is 5.01. The maximum absolute atomic E-state index is 5.01.